The molecule has 2 N–H and O–H groups in total. The van der Waals surface area contributed by atoms with Crippen molar-refractivity contribution >= 4 is 0 Å². The van der Waals surface area contributed by atoms with E-state index in [9.17, 15) is 8.78 Å². The fourth-order valence-corrected chi connectivity index (χ4v) is 2.07. The second kappa shape index (κ2) is 2.76. The van der Waals surface area contributed by atoms with Gasteiger partial charge in [-0.2, -0.15) is 0 Å². The Morgan fingerprint density at radius 3 is 1.93 bits per heavy atom. The molecule has 1 nitrogen and oxygen atoms in total. The van der Waals surface area contributed by atoms with E-state index in [1.165, 1.54) is 12.1 Å². The van der Waals surface area contributed by atoms with E-state index in [0.29, 0.717) is 5.56 Å². The second-order valence-electron chi connectivity index (χ2n) is 4.53. The molecule has 2 rings (SSSR count). The minimum absolute atomic E-state index is 0.00343. The summed E-state index contributed by atoms with van der Waals surface area (Å²) in [4.78, 5) is 0. The molecule has 1 fully saturated rings. The molecule has 0 radical (unpaired) electrons. The number of benzene rings is 1. The Labute approximate surface area is 81.9 Å². The standard InChI is InChI=1S/C11H13F2N/c1-11(2)9(10(11)14)6-3-7(12)5-8(13)4-6/h3-5,9-10H,14H2,1-2H3/t9-,10-/m0/s1. The lowest BCUT2D eigenvalue weighted by molar-refractivity contribution is 0.571. The molecule has 1 aromatic carbocycles. The van der Waals surface area contributed by atoms with E-state index in [1.54, 1.807) is 0 Å². The SMILES string of the molecule is CC1(C)[C@@H](N)[C@@H]1c1cc(F)cc(F)c1. The van der Waals surface area contributed by atoms with Crippen LogP contribution in [0.4, 0.5) is 8.78 Å². The molecule has 1 aliphatic carbocycles. The van der Waals surface area contributed by atoms with Crippen molar-refractivity contribution in [2.75, 3.05) is 0 Å². The minimum Gasteiger partial charge on any atom is -0.327 e. The van der Waals surface area contributed by atoms with Crippen LogP contribution in [0.1, 0.15) is 25.3 Å². The van der Waals surface area contributed by atoms with Gasteiger partial charge in [-0.25, -0.2) is 8.78 Å². The fourth-order valence-electron chi connectivity index (χ4n) is 2.07. The molecule has 76 valence electrons. The maximum absolute atomic E-state index is 12.9. The maximum Gasteiger partial charge on any atom is 0.126 e. The fraction of sp³-hybridized carbons (Fsp3) is 0.455. The Morgan fingerprint density at radius 1 is 1.14 bits per heavy atom. The largest absolute Gasteiger partial charge is 0.327 e. The molecule has 2 atom stereocenters. The Bertz CT molecular complexity index is 353. The third-order valence-electron chi connectivity index (χ3n) is 3.15. The summed E-state index contributed by atoms with van der Waals surface area (Å²) in [5.74, 6) is -0.988. The molecule has 14 heavy (non-hydrogen) atoms. The number of nitrogens with two attached hydrogens (primary N) is 1. The third kappa shape index (κ3) is 1.32. The van der Waals surface area contributed by atoms with Crippen LogP contribution in [0.2, 0.25) is 0 Å². The number of hydrogen-bond acceptors (Lipinski definition) is 1. The van der Waals surface area contributed by atoms with Gasteiger partial charge in [0.1, 0.15) is 11.6 Å². The average Bonchev–Trinajstić information content (AvgIpc) is 2.48. The van der Waals surface area contributed by atoms with Gasteiger partial charge in [0.2, 0.25) is 0 Å². The van der Waals surface area contributed by atoms with Gasteiger partial charge in [0.25, 0.3) is 0 Å². The highest BCUT2D eigenvalue weighted by atomic mass is 19.1. The van der Waals surface area contributed by atoms with E-state index in [4.69, 9.17) is 5.73 Å². The van der Waals surface area contributed by atoms with Crippen molar-refractivity contribution in [3.05, 3.63) is 35.4 Å². The number of hydrogen-bond donors (Lipinski definition) is 1. The minimum atomic E-state index is -0.532. The van der Waals surface area contributed by atoms with E-state index < -0.39 is 11.6 Å². The molecule has 0 bridgehead atoms. The molecule has 0 spiro atoms. The third-order valence-corrected chi connectivity index (χ3v) is 3.15. The van der Waals surface area contributed by atoms with Crippen molar-refractivity contribution < 1.29 is 8.78 Å². The van der Waals surface area contributed by atoms with Gasteiger partial charge in [0.05, 0.1) is 0 Å². The first-order chi connectivity index (χ1) is 6.43. The summed E-state index contributed by atoms with van der Waals surface area (Å²) >= 11 is 0. The van der Waals surface area contributed by atoms with Gasteiger partial charge < -0.3 is 5.73 Å². The predicted molar refractivity (Wildman–Crippen MR) is 50.9 cm³/mol. The van der Waals surface area contributed by atoms with Crippen LogP contribution in [-0.2, 0) is 0 Å². The molecular formula is C11H13F2N. The normalized spacial score (nSPS) is 28.9. The van der Waals surface area contributed by atoms with Crippen LogP contribution in [0, 0.1) is 17.0 Å². The summed E-state index contributed by atoms with van der Waals surface area (Å²) in [6.07, 6.45) is 0. The lowest BCUT2D eigenvalue weighted by atomic mass is 10.0. The molecule has 0 aliphatic heterocycles. The molecule has 0 amide bonds. The average molecular weight is 197 g/mol. The zero-order valence-electron chi connectivity index (χ0n) is 8.22. The Morgan fingerprint density at radius 2 is 1.57 bits per heavy atom. The van der Waals surface area contributed by atoms with Crippen molar-refractivity contribution in [2.24, 2.45) is 11.1 Å². The quantitative estimate of drug-likeness (QED) is 0.735. The predicted octanol–water partition coefficient (Wildman–Crippen LogP) is 2.42. The van der Waals surface area contributed by atoms with Crippen molar-refractivity contribution in [2.45, 2.75) is 25.8 Å². The highest BCUT2D eigenvalue weighted by Crippen LogP contribution is 2.57. The zero-order chi connectivity index (χ0) is 10.5. The first-order valence-corrected chi connectivity index (χ1v) is 4.64. The van der Waals surface area contributed by atoms with Gasteiger partial charge in [-0.3, -0.25) is 0 Å². The Hall–Kier alpha value is -0.960. The molecule has 1 aromatic rings. The smallest absolute Gasteiger partial charge is 0.126 e. The van der Waals surface area contributed by atoms with Crippen LogP contribution in [0.25, 0.3) is 0 Å². The summed E-state index contributed by atoms with van der Waals surface area (Å²) < 4.78 is 25.8. The number of rotatable bonds is 1. The van der Waals surface area contributed by atoms with Crippen LogP contribution in [0.3, 0.4) is 0 Å². The van der Waals surface area contributed by atoms with Gasteiger partial charge in [0.15, 0.2) is 0 Å². The monoisotopic (exact) mass is 197 g/mol. The van der Waals surface area contributed by atoms with Gasteiger partial charge in [-0.1, -0.05) is 13.8 Å². The molecule has 0 aromatic heterocycles. The lowest BCUT2D eigenvalue weighted by Gasteiger charge is -2.03. The Balaban J connectivity index is 2.35. The lowest BCUT2D eigenvalue weighted by Crippen LogP contribution is -2.06. The second-order valence-corrected chi connectivity index (χ2v) is 4.53. The van der Waals surface area contributed by atoms with Gasteiger partial charge in [-0.05, 0) is 23.1 Å². The van der Waals surface area contributed by atoms with Gasteiger partial charge >= 0.3 is 0 Å². The molecule has 0 heterocycles. The van der Waals surface area contributed by atoms with E-state index in [0.717, 1.165) is 6.07 Å². The molecule has 3 heteroatoms. The van der Waals surface area contributed by atoms with Gasteiger partial charge in [-0.15, -0.1) is 0 Å². The highest BCUT2D eigenvalue weighted by Gasteiger charge is 2.56. The van der Waals surface area contributed by atoms with Crippen LogP contribution in [0.5, 0.6) is 0 Å². The first-order valence-electron chi connectivity index (χ1n) is 4.64. The van der Waals surface area contributed by atoms with E-state index in [2.05, 4.69) is 0 Å². The summed E-state index contributed by atoms with van der Waals surface area (Å²) in [5.41, 5.74) is 6.46. The van der Waals surface area contributed by atoms with E-state index in [1.807, 2.05) is 13.8 Å². The summed E-state index contributed by atoms with van der Waals surface area (Å²) in [6, 6.07) is 3.61. The van der Waals surface area contributed by atoms with Crippen molar-refractivity contribution in [3.8, 4) is 0 Å². The van der Waals surface area contributed by atoms with Crippen LogP contribution in [-0.4, -0.2) is 6.04 Å². The molecule has 1 saturated carbocycles. The van der Waals surface area contributed by atoms with Crippen LogP contribution in [0.15, 0.2) is 18.2 Å². The molecule has 0 saturated heterocycles. The Kier molecular flexibility index (Phi) is 1.89. The number of halogens is 2. The molecule has 1 aliphatic rings. The van der Waals surface area contributed by atoms with Crippen LogP contribution < -0.4 is 5.73 Å². The highest BCUT2D eigenvalue weighted by molar-refractivity contribution is 5.34. The van der Waals surface area contributed by atoms with Crippen molar-refractivity contribution in [3.63, 3.8) is 0 Å². The van der Waals surface area contributed by atoms with E-state index in [-0.39, 0.29) is 17.4 Å². The maximum atomic E-state index is 12.9. The molecular weight excluding hydrogens is 184 g/mol. The summed E-state index contributed by atoms with van der Waals surface area (Å²) in [6.45, 7) is 4.01. The first kappa shape index (κ1) is 9.59. The van der Waals surface area contributed by atoms with Crippen molar-refractivity contribution in [1.29, 1.82) is 0 Å². The summed E-state index contributed by atoms with van der Waals surface area (Å²) in [7, 11) is 0. The zero-order valence-corrected chi connectivity index (χ0v) is 8.22. The van der Waals surface area contributed by atoms with Crippen molar-refractivity contribution in [1.82, 2.24) is 0 Å². The topological polar surface area (TPSA) is 26.0 Å². The van der Waals surface area contributed by atoms with E-state index >= 15 is 0 Å². The van der Waals surface area contributed by atoms with Crippen LogP contribution >= 0.6 is 0 Å². The molecule has 0 unspecified atom stereocenters. The summed E-state index contributed by atoms with van der Waals surface area (Å²) in [5, 5.41) is 0. The van der Waals surface area contributed by atoms with Gasteiger partial charge in [0, 0.05) is 18.0 Å².